The third kappa shape index (κ3) is 2.03. The lowest BCUT2D eigenvalue weighted by atomic mass is 10.6. The molecule has 0 bridgehead atoms. The lowest BCUT2D eigenvalue weighted by Crippen LogP contribution is -2.06. The number of nitrogens with zero attached hydrogens (tertiary/aromatic N) is 1. The first-order valence-corrected chi connectivity index (χ1v) is 3.57. The predicted octanol–water partition coefficient (Wildman–Crippen LogP) is 0.810. The van der Waals surface area contributed by atoms with Crippen LogP contribution in [0.25, 0.3) is 0 Å². The maximum Gasteiger partial charge on any atom is 0.376 e. The molecule has 0 amide bonds. The second-order valence-electron chi connectivity index (χ2n) is 1.90. The molecule has 0 saturated heterocycles. The molecule has 64 valence electrons. The molecule has 1 rings (SSSR count). The minimum absolute atomic E-state index is 0.0712. The monoisotopic (exact) mass is 185 g/mol. The molecule has 1 aromatic heterocycles. The Kier molecular flexibility index (Phi) is 2.76. The summed E-state index contributed by atoms with van der Waals surface area (Å²) in [4.78, 5) is 14.6. The molecule has 1 aromatic rings. The Balaban J connectivity index is 2.65. The van der Waals surface area contributed by atoms with Crippen LogP contribution < -0.4 is 0 Å². The first kappa shape index (κ1) is 8.66. The van der Waals surface area contributed by atoms with Gasteiger partial charge in [-0.25, -0.2) is 4.79 Å². The highest BCUT2D eigenvalue weighted by molar-refractivity contribution is 7.71. The number of rotatable bonds is 3. The van der Waals surface area contributed by atoms with Gasteiger partial charge >= 0.3 is 5.97 Å². The van der Waals surface area contributed by atoms with Gasteiger partial charge in [-0.05, 0) is 12.2 Å². The number of hydrogen-bond acceptors (Lipinski definition) is 4. The number of ether oxygens (including phenoxy) is 1. The number of carbonyl (C=O) groups excluding carboxylic acids is 1. The van der Waals surface area contributed by atoms with Crippen LogP contribution in [-0.4, -0.2) is 27.8 Å². The van der Waals surface area contributed by atoms with Crippen LogP contribution in [0, 0.1) is 4.77 Å². The van der Waals surface area contributed by atoms with Crippen molar-refractivity contribution in [2.24, 2.45) is 0 Å². The summed E-state index contributed by atoms with van der Waals surface area (Å²) in [6.07, 6.45) is 1.47. The molecule has 12 heavy (non-hydrogen) atoms. The van der Waals surface area contributed by atoms with E-state index in [0.29, 0.717) is 0 Å². The highest BCUT2D eigenvalue weighted by Gasteiger charge is 2.08. The van der Waals surface area contributed by atoms with Gasteiger partial charge in [0.2, 0.25) is 10.6 Å². The van der Waals surface area contributed by atoms with Gasteiger partial charge in [-0.2, -0.15) is 4.98 Å². The second-order valence-corrected chi connectivity index (χ2v) is 2.29. The SMILES string of the molecule is C=CCOC(=O)c1nc(=S)[nH][nH]1. The van der Waals surface area contributed by atoms with Crippen LogP contribution in [0.3, 0.4) is 0 Å². The zero-order valence-corrected chi connectivity index (χ0v) is 6.98. The summed E-state index contributed by atoms with van der Waals surface area (Å²) in [6.45, 7) is 3.55. The number of H-pyrrole nitrogens is 2. The lowest BCUT2D eigenvalue weighted by Gasteiger charge is -1.95. The Morgan fingerprint density at radius 2 is 2.50 bits per heavy atom. The van der Waals surface area contributed by atoms with Crippen LogP contribution in [0.15, 0.2) is 12.7 Å². The molecule has 6 heteroatoms. The van der Waals surface area contributed by atoms with Crippen molar-refractivity contribution in [3.63, 3.8) is 0 Å². The van der Waals surface area contributed by atoms with Crippen molar-refractivity contribution in [3.8, 4) is 0 Å². The predicted molar refractivity (Wildman–Crippen MR) is 44.3 cm³/mol. The Hall–Kier alpha value is -1.43. The first-order chi connectivity index (χ1) is 5.74. The highest BCUT2D eigenvalue weighted by Crippen LogP contribution is 1.91. The fourth-order valence-electron chi connectivity index (χ4n) is 0.570. The van der Waals surface area contributed by atoms with Gasteiger partial charge in [0.1, 0.15) is 6.61 Å². The van der Waals surface area contributed by atoms with Crippen molar-refractivity contribution in [2.45, 2.75) is 0 Å². The van der Waals surface area contributed by atoms with Crippen LogP contribution >= 0.6 is 12.2 Å². The lowest BCUT2D eigenvalue weighted by molar-refractivity contribution is 0.0536. The fraction of sp³-hybridized carbons (Fsp3) is 0.167. The van der Waals surface area contributed by atoms with Crippen molar-refractivity contribution in [1.29, 1.82) is 0 Å². The summed E-state index contributed by atoms with van der Waals surface area (Å²) in [5, 5.41) is 4.94. The summed E-state index contributed by atoms with van der Waals surface area (Å²) in [7, 11) is 0. The minimum atomic E-state index is -0.553. The van der Waals surface area contributed by atoms with Crippen LogP contribution in [0.5, 0.6) is 0 Å². The molecule has 0 spiro atoms. The van der Waals surface area contributed by atoms with E-state index in [1.54, 1.807) is 0 Å². The van der Waals surface area contributed by atoms with E-state index >= 15 is 0 Å². The molecule has 0 unspecified atom stereocenters. The molecule has 0 radical (unpaired) electrons. The zero-order chi connectivity index (χ0) is 8.97. The molecule has 5 nitrogen and oxygen atoms in total. The molecule has 0 aromatic carbocycles. The fourth-order valence-corrected chi connectivity index (χ4v) is 0.712. The molecule has 0 saturated carbocycles. The molecule has 0 atom stereocenters. The van der Waals surface area contributed by atoms with E-state index in [1.807, 2.05) is 0 Å². The second kappa shape index (κ2) is 3.82. The quantitative estimate of drug-likeness (QED) is 0.415. The van der Waals surface area contributed by atoms with Gasteiger partial charge in [0, 0.05) is 0 Å². The van der Waals surface area contributed by atoms with E-state index < -0.39 is 5.97 Å². The Bertz CT molecular complexity index is 341. The third-order valence-corrected chi connectivity index (χ3v) is 1.22. The zero-order valence-electron chi connectivity index (χ0n) is 6.16. The summed E-state index contributed by atoms with van der Waals surface area (Å²) in [6, 6.07) is 0. The number of carbonyl (C=O) groups is 1. The summed E-state index contributed by atoms with van der Waals surface area (Å²) >= 11 is 4.64. The number of esters is 1. The van der Waals surface area contributed by atoms with Crippen molar-refractivity contribution >= 4 is 18.2 Å². The third-order valence-electron chi connectivity index (χ3n) is 1.03. The smallest absolute Gasteiger partial charge is 0.376 e. The minimum Gasteiger partial charge on any atom is -0.456 e. The van der Waals surface area contributed by atoms with Crippen molar-refractivity contribution in [1.82, 2.24) is 15.2 Å². The van der Waals surface area contributed by atoms with Gasteiger partial charge < -0.3 is 4.74 Å². The van der Waals surface area contributed by atoms with Crippen molar-refractivity contribution in [3.05, 3.63) is 23.3 Å². The van der Waals surface area contributed by atoms with E-state index in [1.165, 1.54) is 6.08 Å². The number of aromatic nitrogens is 3. The molecule has 0 aliphatic rings. The molecule has 0 fully saturated rings. The normalized spacial score (nSPS) is 9.33. The molecule has 1 heterocycles. The van der Waals surface area contributed by atoms with E-state index in [2.05, 4.69) is 38.7 Å². The van der Waals surface area contributed by atoms with Gasteiger partial charge in [-0.1, -0.05) is 12.7 Å². The Morgan fingerprint density at radius 3 is 3.00 bits per heavy atom. The maximum atomic E-state index is 11.0. The van der Waals surface area contributed by atoms with E-state index in [9.17, 15) is 4.79 Å². The van der Waals surface area contributed by atoms with E-state index in [-0.39, 0.29) is 17.2 Å². The van der Waals surface area contributed by atoms with Crippen LogP contribution in [0.1, 0.15) is 10.6 Å². The average Bonchev–Trinajstić information content (AvgIpc) is 2.47. The van der Waals surface area contributed by atoms with Gasteiger partial charge in [0.15, 0.2) is 0 Å². The van der Waals surface area contributed by atoms with Gasteiger partial charge in [0.05, 0.1) is 0 Å². The average molecular weight is 185 g/mol. The van der Waals surface area contributed by atoms with Crippen LogP contribution in [0.2, 0.25) is 0 Å². The molecular formula is C6H7N3O2S. The largest absolute Gasteiger partial charge is 0.456 e. The summed E-state index contributed by atoms with van der Waals surface area (Å²) in [5.74, 6) is -0.482. The van der Waals surface area contributed by atoms with Gasteiger partial charge in [-0.15, -0.1) is 0 Å². The topological polar surface area (TPSA) is 70.8 Å². The van der Waals surface area contributed by atoms with Gasteiger partial charge in [-0.3, -0.25) is 10.2 Å². The van der Waals surface area contributed by atoms with E-state index in [0.717, 1.165) is 0 Å². The molecule has 0 aliphatic carbocycles. The molecular weight excluding hydrogens is 178 g/mol. The highest BCUT2D eigenvalue weighted by atomic mass is 32.1. The van der Waals surface area contributed by atoms with Crippen LogP contribution in [-0.2, 0) is 4.74 Å². The Labute approximate surface area is 73.5 Å². The number of nitrogens with one attached hydrogen (secondary N) is 2. The van der Waals surface area contributed by atoms with Gasteiger partial charge in [0.25, 0.3) is 0 Å². The maximum absolute atomic E-state index is 11.0. The van der Waals surface area contributed by atoms with E-state index in [4.69, 9.17) is 0 Å². The summed E-state index contributed by atoms with van der Waals surface area (Å²) < 4.78 is 4.90. The Morgan fingerprint density at radius 1 is 1.75 bits per heavy atom. The number of aromatic amines is 2. The van der Waals surface area contributed by atoms with Crippen LogP contribution in [0.4, 0.5) is 0 Å². The summed E-state index contributed by atoms with van der Waals surface area (Å²) in [5.41, 5.74) is 0. The first-order valence-electron chi connectivity index (χ1n) is 3.16. The van der Waals surface area contributed by atoms with Crippen molar-refractivity contribution in [2.75, 3.05) is 6.61 Å². The molecule has 2 N–H and O–H groups in total. The molecule has 0 aliphatic heterocycles. The standard InChI is InChI=1S/C6H7N3O2S/c1-2-3-11-5(10)4-7-6(12)9-8-4/h2H,1,3H2,(H2,7,8,9,12). The number of hydrogen-bond donors (Lipinski definition) is 2. The van der Waals surface area contributed by atoms with Crippen molar-refractivity contribution < 1.29 is 9.53 Å².